The normalized spacial score (nSPS) is 15.1. The van der Waals surface area contributed by atoms with Crippen LogP contribution in [0.25, 0.3) is 0 Å². The van der Waals surface area contributed by atoms with Crippen LogP contribution in [0.5, 0.6) is 5.75 Å². The van der Waals surface area contributed by atoms with Crippen LogP contribution < -0.4 is 15.4 Å². The fraction of sp³-hybridized carbons (Fsp3) is 0.517. The minimum atomic E-state index is -0.342. The van der Waals surface area contributed by atoms with E-state index >= 15 is 0 Å². The lowest BCUT2D eigenvalue weighted by Crippen LogP contribution is -2.47. The first-order chi connectivity index (χ1) is 16.8. The number of anilines is 1. The number of para-hydroxylation sites is 2. The van der Waals surface area contributed by atoms with Crippen LogP contribution in [0.15, 0.2) is 54.6 Å². The molecule has 6 heteroatoms. The van der Waals surface area contributed by atoms with Gasteiger partial charge in [0.1, 0.15) is 12.4 Å². The summed E-state index contributed by atoms with van der Waals surface area (Å²) in [5.74, 6) is 1.01. The Morgan fingerprint density at radius 3 is 2.31 bits per heavy atom. The van der Waals surface area contributed by atoms with E-state index in [-0.39, 0.29) is 17.7 Å². The van der Waals surface area contributed by atoms with E-state index in [0.717, 1.165) is 55.9 Å². The first kappa shape index (κ1) is 26.6. The van der Waals surface area contributed by atoms with Gasteiger partial charge in [0.25, 0.3) is 0 Å². The van der Waals surface area contributed by atoms with E-state index in [1.807, 2.05) is 29.2 Å². The average molecular weight is 480 g/mol. The summed E-state index contributed by atoms with van der Waals surface area (Å²) >= 11 is 0. The predicted octanol–water partition coefficient (Wildman–Crippen LogP) is 5.01. The molecule has 0 bridgehead atoms. The molecular formula is C29H41N3O3. The molecule has 0 aliphatic carbocycles. The Morgan fingerprint density at radius 2 is 1.66 bits per heavy atom. The second kappa shape index (κ2) is 13.2. The fourth-order valence-electron chi connectivity index (χ4n) is 4.52. The molecule has 0 saturated carbocycles. The smallest absolute Gasteiger partial charge is 0.222 e. The summed E-state index contributed by atoms with van der Waals surface area (Å²) in [5.41, 5.74) is 7.62. The maximum absolute atomic E-state index is 12.7. The van der Waals surface area contributed by atoms with Crippen molar-refractivity contribution < 1.29 is 14.3 Å². The number of likely N-dealkylation sites (tertiary alicyclic amines) is 1. The van der Waals surface area contributed by atoms with Crippen LogP contribution >= 0.6 is 0 Å². The summed E-state index contributed by atoms with van der Waals surface area (Å²) in [6.07, 6.45) is 3.82. The van der Waals surface area contributed by atoms with Gasteiger partial charge >= 0.3 is 0 Å². The van der Waals surface area contributed by atoms with Crippen LogP contribution in [-0.4, -0.2) is 42.4 Å². The molecule has 0 spiro atoms. The van der Waals surface area contributed by atoms with Crippen molar-refractivity contribution in [3.63, 3.8) is 0 Å². The van der Waals surface area contributed by atoms with Gasteiger partial charge in [-0.25, -0.2) is 0 Å². The second-order valence-electron chi connectivity index (χ2n) is 10.1. The van der Waals surface area contributed by atoms with Gasteiger partial charge in [0, 0.05) is 38.0 Å². The highest BCUT2D eigenvalue weighted by molar-refractivity contribution is 5.79. The third-order valence-electron chi connectivity index (χ3n) is 6.89. The third-order valence-corrected chi connectivity index (χ3v) is 6.89. The molecule has 2 aromatic rings. The molecule has 2 aromatic carbocycles. The Balaban J connectivity index is 1.67. The standard InChI is InChI=1S/C29H41N3O3/c1-22(2)15-20-32(25-16-18-31(19-17-25)28(33)14-13-23(3)29(30)34)26-11-7-8-12-27(26)35-21-24-9-5-4-6-10-24/h4-12,22-23,25H,13-21H2,1-3H3,(H2,30,34). The molecule has 1 fully saturated rings. The zero-order valence-electron chi connectivity index (χ0n) is 21.5. The van der Waals surface area contributed by atoms with Gasteiger partial charge in [-0.05, 0) is 49.3 Å². The van der Waals surface area contributed by atoms with E-state index in [9.17, 15) is 9.59 Å². The van der Waals surface area contributed by atoms with Crippen LogP contribution in [-0.2, 0) is 16.2 Å². The van der Waals surface area contributed by atoms with Crippen LogP contribution in [0.4, 0.5) is 5.69 Å². The number of ether oxygens (including phenoxy) is 1. The molecule has 190 valence electrons. The minimum Gasteiger partial charge on any atom is -0.487 e. The van der Waals surface area contributed by atoms with Gasteiger partial charge in [0.15, 0.2) is 0 Å². The number of carbonyl (C=O) groups is 2. The number of amides is 2. The van der Waals surface area contributed by atoms with E-state index in [1.54, 1.807) is 6.92 Å². The summed E-state index contributed by atoms with van der Waals surface area (Å²) in [6.45, 7) is 9.25. The van der Waals surface area contributed by atoms with Crippen molar-refractivity contribution in [3.05, 3.63) is 60.2 Å². The first-order valence-corrected chi connectivity index (χ1v) is 12.9. The lowest BCUT2D eigenvalue weighted by atomic mass is 9.99. The van der Waals surface area contributed by atoms with Crippen molar-refractivity contribution in [1.29, 1.82) is 0 Å². The summed E-state index contributed by atoms with van der Waals surface area (Å²) in [7, 11) is 0. The van der Waals surface area contributed by atoms with E-state index in [2.05, 4.69) is 49.1 Å². The number of primary amides is 1. The highest BCUT2D eigenvalue weighted by Crippen LogP contribution is 2.33. The van der Waals surface area contributed by atoms with Crippen LogP contribution in [0, 0.1) is 11.8 Å². The number of rotatable bonds is 12. The van der Waals surface area contributed by atoms with Gasteiger partial charge in [0.2, 0.25) is 11.8 Å². The highest BCUT2D eigenvalue weighted by Gasteiger charge is 2.28. The molecule has 2 amide bonds. The lowest BCUT2D eigenvalue weighted by molar-refractivity contribution is -0.132. The quantitative estimate of drug-likeness (QED) is 0.464. The monoisotopic (exact) mass is 479 g/mol. The molecule has 1 unspecified atom stereocenters. The Hall–Kier alpha value is -3.02. The number of nitrogens with zero attached hydrogens (tertiary/aromatic N) is 2. The van der Waals surface area contributed by atoms with Crippen LogP contribution in [0.3, 0.4) is 0 Å². The molecule has 1 aliphatic rings. The molecule has 0 radical (unpaired) electrons. The second-order valence-corrected chi connectivity index (χ2v) is 10.1. The number of nitrogens with two attached hydrogens (primary N) is 1. The fourth-order valence-corrected chi connectivity index (χ4v) is 4.52. The lowest BCUT2D eigenvalue weighted by Gasteiger charge is -2.40. The van der Waals surface area contributed by atoms with Gasteiger partial charge in [-0.1, -0.05) is 63.2 Å². The van der Waals surface area contributed by atoms with Crippen LogP contribution in [0.1, 0.15) is 58.4 Å². The largest absolute Gasteiger partial charge is 0.487 e. The molecule has 6 nitrogen and oxygen atoms in total. The van der Waals surface area contributed by atoms with Crippen LogP contribution in [0.2, 0.25) is 0 Å². The summed E-state index contributed by atoms with van der Waals surface area (Å²) in [4.78, 5) is 28.4. The minimum absolute atomic E-state index is 0.122. The van der Waals surface area contributed by atoms with Crippen molar-refractivity contribution >= 4 is 17.5 Å². The third kappa shape index (κ3) is 8.01. The zero-order chi connectivity index (χ0) is 25.2. The van der Waals surface area contributed by atoms with Gasteiger partial charge in [0.05, 0.1) is 5.69 Å². The van der Waals surface area contributed by atoms with E-state index in [0.29, 0.717) is 31.4 Å². The van der Waals surface area contributed by atoms with Gasteiger partial charge in [-0.15, -0.1) is 0 Å². The molecular weight excluding hydrogens is 438 g/mol. The number of carbonyl (C=O) groups excluding carboxylic acids is 2. The molecule has 3 rings (SSSR count). The molecule has 35 heavy (non-hydrogen) atoms. The van der Waals surface area contributed by atoms with Crippen molar-refractivity contribution in [3.8, 4) is 5.75 Å². The molecule has 1 atom stereocenters. The number of benzene rings is 2. The number of hydrogen-bond donors (Lipinski definition) is 1. The molecule has 1 aliphatic heterocycles. The summed E-state index contributed by atoms with van der Waals surface area (Å²) in [6, 6.07) is 18.9. The van der Waals surface area contributed by atoms with E-state index in [1.165, 1.54) is 0 Å². The van der Waals surface area contributed by atoms with Gasteiger partial charge in [-0.2, -0.15) is 0 Å². The Kier molecular flexibility index (Phi) is 10.0. The van der Waals surface area contributed by atoms with E-state index in [4.69, 9.17) is 10.5 Å². The molecule has 2 N–H and O–H groups in total. The van der Waals surface area contributed by atoms with Gasteiger partial charge in [-0.3, -0.25) is 9.59 Å². The van der Waals surface area contributed by atoms with Crippen molar-refractivity contribution in [1.82, 2.24) is 4.90 Å². The topological polar surface area (TPSA) is 75.9 Å². The Labute approximate surface area is 210 Å². The van der Waals surface area contributed by atoms with Crippen molar-refractivity contribution in [2.24, 2.45) is 17.6 Å². The maximum Gasteiger partial charge on any atom is 0.222 e. The number of piperidine rings is 1. The first-order valence-electron chi connectivity index (χ1n) is 12.9. The van der Waals surface area contributed by atoms with E-state index < -0.39 is 0 Å². The molecule has 0 aromatic heterocycles. The Bertz CT molecular complexity index is 939. The summed E-state index contributed by atoms with van der Waals surface area (Å²) < 4.78 is 6.29. The number of hydrogen-bond acceptors (Lipinski definition) is 4. The SMILES string of the molecule is CC(C)CCN(c1ccccc1OCc1ccccc1)C1CCN(C(=O)CCC(C)C(N)=O)CC1. The Morgan fingerprint density at radius 1 is 1.00 bits per heavy atom. The van der Waals surface area contributed by atoms with Crippen molar-refractivity contribution in [2.45, 2.75) is 65.5 Å². The highest BCUT2D eigenvalue weighted by atomic mass is 16.5. The average Bonchev–Trinajstić information content (AvgIpc) is 2.87. The van der Waals surface area contributed by atoms with Crippen molar-refractivity contribution in [2.75, 3.05) is 24.5 Å². The summed E-state index contributed by atoms with van der Waals surface area (Å²) in [5, 5.41) is 0. The molecule has 1 saturated heterocycles. The molecule has 1 heterocycles. The predicted molar refractivity (Wildman–Crippen MR) is 141 cm³/mol. The van der Waals surface area contributed by atoms with Gasteiger partial charge < -0.3 is 20.3 Å². The zero-order valence-corrected chi connectivity index (χ0v) is 21.5. The maximum atomic E-state index is 12.7.